The molecule has 149 valence electrons. The molecular weight excluding hydrogens is 459 g/mol. The molecule has 2 aliphatic rings. The molecule has 30 heavy (non-hydrogen) atoms. The Morgan fingerprint density at radius 2 is 1.33 bits per heavy atom. The summed E-state index contributed by atoms with van der Waals surface area (Å²) in [6, 6.07) is 31.8. The van der Waals surface area contributed by atoms with Crippen LogP contribution < -0.4 is 35.2 Å². The largest absolute Gasteiger partial charge is 1.00 e. The van der Waals surface area contributed by atoms with Crippen LogP contribution >= 0.6 is 0 Å². The van der Waals surface area contributed by atoms with Gasteiger partial charge in [-0.15, -0.1) is 0 Å². The first-order chi connectivity index (χ1) is 13.9. The summed E-state index contributed by atoms with van der Waals surface area (Å²) in [4.78, 5) is 0. The van der Waals surface area contributed by atoms with Crippen LogP contribution in [-0.4, -0.2) is 6.66 Å². The molecule has 1 atom stereocenters. The van der Waals surface area contributed by atoms with E-state index in [0.717, 1.165) is 6.42 Å². The number of hydrogen-bond donors (Lipinski definition) is 0. The topological polar surface area (TPSA) is 0 Å². The van der Waals surface area contributed by atoms with Gasteiger partial charge in [0.05, 0.1) is 0 Å². The van der Waals surface area contributed by atoms with Crippen LogP contribution in [0.25, 0.3) is 6.08 Å². The molecule has 3 aromatic carbocycles. The van der Waals surface area contributed by atoms with E-state index in [0.29, 0.717) is 4.22 Å². The van der Waals surface area contributed by atoms with E-state index in [2.05, 4.69) is 115 Å². The van der Waals surface area contributed by atoms with Gasteiger partial charge < -0.3 is 24.8 Å². The predicted molar refractivity (Wildman–Crippen MR) is 119 cm³/mol. The fourth-order valence-corrected chi connectivity index (χ4v) is 21.3. The molecule has 2 aliphatic carbocycles. The molecule has 0 aliphatic heterocycles. The minimum atomic E-state index is -1.66. The van der Waals surface area contributed by atoms with Gasteiger partial charge in [-0.1, -0.05) is 0 Å². The second-order valence-electron chi connectivity index (χ2n) is 7.50. The number of rotatable bonds is 5. The molecule has 4 heteroatoms. The van der Waals surface area contributed by atoms with E-state index >= 15 is 0 Å². The normalized spacial score (nSPS) is 15.9. The molecule has 0 saturated carbocycles. The Kier molecular flexibility index (Phi) is 8.16. The van der Waals surface area contributed by atoms with Crippen molar-refractivity contribution in [3.8, 4) is 0 Å². The first-order valence-corrected chi connectivity index (χ1v) is 16.1. The molecule has 0 aromatic heterocycles. The summed E-state index contributed by atoms with van der Waals surface area (Å²) < 4.78 is 2.38. The molecule has 0 bridgehead atoms. The molecule has 1 unspecified atom stereocenters. The van der Waals surface area contributed by atoms with E-state index in [1.165, 1.54) is 5.56 Å². The van der Waals surface area contributed by atoms with Gasteiger partial charge in [-0.25, -0.2) is 0 Å². The Bertz CT molecular complexity index is 1020. The number of allylic oxidation sites excluding steroid dienone is 5. The fourth-order valence-electron chi connectivity index (χ4n) is 4.59. The average molecular weight is 482 g/mol. The quantitative estimate of drug-likeness (QED) is 0.400. The molecule has 0 fully saturated rings. The first-order valence-electron chi connectivity index (χ1n) is 10.0. The summed E-state index contributed by atoms with van der Waals surface area (Å²) in [5.74, 6) is 0. The number of halogens is 2. The van der Waals surface area contributed by atoms with Crippen LogP contribution in [0.1, 0.15) is 21.8 Å². The fraction of sp³-hybridized carbons (Fsp3) is 0.0769. The van der Waals surface area contributed by atoms with Gasteiger partial charge in [0.25, 0.3) is 0 Å². The van der Waals surface area contributed by atoms with E-state index in [1.807, 2.05) is 0 Å². The van der Waals surface area contributed by atoms with Crippen LogP contribution in [0.15, 0.2) is 113 Å². The Balaban J connectivity index is 0.00000128. The Hall–Kier alpha value is -1.61. The Morgan fingerprint density at radius 1 is 0.733 bits per heavy atom. The number of benzene rings is 3. The second-order valence-corrected chi connectivity index (χ2v) is 18.4. The van der Waals surface area contributed by atoms with Crippen LogP contribution in [0, 0.1) is 0 Å². The molecule has 0 spiro atoms. The molecule has 0 saturated heterocycles. The van der Waals surface area contributed by atoms with Gasteiger partial charge in [0.2, 0.25) is 0 Å². The van der Waals surface area contributed by atoms with Crippen molar-refractivity contribution in [3.63, 3.8) is 0 Å². The van der Waals surface area contributed by atoms with Crippen molar-refractivity contribution >= 4 is 23.1 Å². The van der Waals surface area contributed by atoms with Gasteiger partial charge in [0.1, 0.15) is 0 Å². The maximum atomic E-state index is 2.53. The van der Waals surface area contributed by atoms with Crippen molar-refractivity contribution in [2.24, 2.45) is 0 Å². The van der Waals surface area contributed by atoms with Gasteiger partial charge >= 0.3 is 175 Å². The first kappa shape index (κ1) is 23.1. The summed E-state index contributed by atoms with van der Waals surface area (Å²) in [5.41, 5.74) is 2.99. The van der Waals surface area contributed by atoms with Gasteiger partial charge in [0, 0.05) is 0 Å². The van der Waals surface area contributed by atoms with Crippen LogP contribution in [-0.2, 0) is 17.1 Å². The van der Waals surface area contributed by atoms with E-state index in [4.69, 9.17) is 0 Å². The summed E-state index contributed by atoms with van der Waals surface area (Å²) in [6.45, 7) is -1.32. The predicted octanol–water partition coefficient (Wildman–Crippen LogP) is -1.24. The van der Waals surface area contributed by atoms with Gasteiger partial charge in [0.15, 0.2) is 0 Å². The third kappa shape index (κ3) is 4.51. The minimum Gasteiger partial charge on any atom is -1.00 e. The number of hydrogen-bond acceptors (Lipinski definition) is 0. The summed E-state index contributed by atoms with van der Waals surface area (Å²) >= 11 is -1.66. The third-order valence-corrected chi connectivity index (χ3v) is 21.2. The van der Waals surface area contributed by atoms with E-state index in [-0.39, 0.29) is 24.8 Å². The van der Waals surface area contributed by atoms with Gasteiger partial charge in [-0.3, -0.25) is 0 Å². The zero-order chi connectivity index (χ0) is 18.8. The standard InChI is InChI=1S/C12H11Si.C9H7.C5H5.2ClH.Ti/c1-3-7-11(8-4-1)13-12-9-5-2-6-10-12;1-2-5-9-7-3-6-8(9)4-1;1-2-4-5-3-1;;;/h1-10,13H;1-7H;1-3H,4H2;2*1H;/q;;;;;+2/p-2. The minimum absolute atomic E-state index is 0. The van der Waals surface area contributed by atoms with Crippen LogP contribution in [0.2, 0.25) is 0 Å². The molecule has 0 radical (unpaired) electrons. The second kappa shape index (κ2) is 10.6. The van der Waals surface area contributed by atoms with Crippen molar-refractivity contribution in [2.75, 3.05) is 0 Å². The number of fused-ring (bicyclic) bond motifs is 1. The summed E-state index contributed by atoms with van der Waals surface area (Å²) in [6.07, 6.45) is 13.2. The summed E-state index contributed by atoms with van der Waals surface area (Å²) in [5, 5.41) is 3.21. The maximum Gasteiger partial charge on any atom is -1.00 e. The van der Waals surface area contributed by atoms with Crippen LogP contribution in [0.5, 0.6) is 0 Å². The van der Waals surface area contributed by atoms with Crippen LogP contribution in [0.4, 0.5) is 0 Å². The Labute approximate surface area is 198 Å². The maximum absolute atomic E-state index is 2.53. The van der Waals surface area contributed by atoms with E-state index in [1.54, 1.807) is 19.8 Å². The monoisotopic (exact) mass is 481 g/mol. The molecule has 3 aromatic rings. The zero-order valence-corrected chi connectivity index (χ0v) is 20.8. The zero-order valence-electron chi connectivity index (χ0n) is 16.6. The van der Waals surface area contributed by atoms with Crippen molar-refractivity contribution in [1.82, 2.24) is 0 Å². The van der Waals surface area contributed by atoms with Crippen molar-refractivity contribution in [3.05, 3.63) is 124 Å². The summed E-state index contributed by atoms with van der Waals surface area (Å²) in [7, 11) is 0. The van der Waals surface area contributed by atoms with E-state index in [9.17, 15) is 0 Å². The molecule has 0 nitrogen and oxygen atoms in total. The van der Waals surface area contributed by atoms with Crippen molar-refractivity contribution < 1.29 is 41.9 Å². The molecular formula is C26H23Cl2SiTi. The van der Waals surface area contributed by atoms with Gasteiger partial charge in [-0.05, 0) is 0 Å². The van der Waals surface area contributed by atoms with Gasteiger partial charge in [-0.2, -0.15) is 0 Å². The van der Waals surface area contributed by atoms with Crippen molar-refractivity contribution in [1.29, 1.82) is 0 Å². The molecule has 0 amide bonds. The molecule has 5 rings (SSSR count). The smallest absolute Gasteiger partial charge is 1.00 e. The van der Waals surface area contributed by atoms with Crippen LogP contribution in [0.3, 0.4) is 0 Å². The average Bonchev–Trinajstić information content (AvgIpc) is 3.44. The molecule has 0 N–H and O–H groups in total. The third-order valence-electron chi connectivity index (χ3n) is 5.85. The molecule has 0 heterocycles. The Morgan fingerprint density at radius 3 is 1.93 bits per heavy atom. The SMILES string of the molecule is C1=CC[C]([Ti+2]([CH]2C=Cc3ccccc32)[SiH](c2ccccc2)c2ccccc2)=C1.[Cl-].[Cl-]. The van der Waals surface area contributed by atoms with Crippen molar-refractivity contribution in [2.45, 2.75) is 10.6 Å². The van der Waals surface area contributed by atoms with E-state index < -0.39 is 23.8 Å².